The van der Waals surface area contributed by atoms with Crippen LogP contribution in [0.3, 0.4) is 0 Å². The maximum Gasteiger partial charge on any atom is 0.270 e. The number of thioether (sulfide) groups is 1. The zero-order chi connectivity index (χ0) is 18.1. The fraction of sp³-hybridized carbons (Fsp3) is 0.0588. The summed E-state index contributed by atoms with van der Waals surface area (Å²) in [5, 5.41) is 9.76. The van der Waals surface area contributed by atoms with Crippen molar-refractivity contribution in [2.24, 2.45) is 10.9 Å². The number of carbonyl (C=O) groups excluding carboxylic acids is 1. The van der Waals surface area contributed by atoms with Crippen LogP contribution in [0.5, 0.6) is 0 Å². The molecule has 0 spiro atoms. The molecule has 0 bridgehead atoms. The van der Waals surface area contributed by atoms with Gasteiger partial charge in [0, 0.05) is 11.1 Å². The zero-order valence-electron chi connectivity index (χ0n) is 13.4. The Kier molecular flexibility index (Phi) is 4.70. The Balaban J connectivity index is 1.94. The van der Waals surface area contributed by atoms with E-state index >= 15 is 0 Å². The maximum atomic E-state index is 12.0. The number of nitrogens with zero attached hydrogens (tertiary/aromatic N) is 2. The van der Waals surface area contributed by atoms with E-state index in [4.69, 9.17) is 20.1 Å². The second kappa shape index (κ2) is 7.14. The van der Waals surface area contributed by atoms with E-state index in [1.54, 1.807) is 4.68 Å². The van der Waals surface area contributed by atoms with E-state index in [0.717, 1.165) is 22.5 Å². The zero-order valence-corrected chi connectivity index (χ0v) is 15.0. The molecule has 1 aliphatic rings. The highest BCUT2D eigenvalue weighted by atomic mass is 32.2. The van der Waals surface area contributed by atoms with Crippen LogP contribution in [0, 0.1) is 0 Å². The molecule has 4 N–H and O–H groups in total. The molecule has 0 fully saturated rings. The first-order valence-corrected chi connectivity index (χ1v) is 9.32. The van der Waals surface area contributed by atoms with Gasteiger partial charge in [0.05, 0.1) is 16.3 Å². The van der Waals surface area contributed by atoms with E-state index < -0.39 is 11.3 Å². The second-order valence-corrected chi connectivity index (χ2v) is 6.84. The third-order valence-corrected chi connectivity index (χ3v) is 5.26. The van der Waals surface area contributed by atoms with Crippen LogP contribution in [0.2, 0.25) is 0 Å². The van der Waals surface area contributed by atoms with Crippen LogP contribution in [0.15, 0.2) is 59.5 Å². The Labute approximate surface area is 157 Å². The standard InChI is InChI=1S/C17H14N4O3S2/c18-16(22)13-15-14(21(20-13)10-6-2-1-3-7-10)11-8-4-5-9-12(11)17(25-15)23-24-26-19/h1-9,17H,19H2,(H2,18,22). The highest BCUT2D eigenvalue weighted by molar-refractivity contribution is 7.99. The van der Waals surface area contributed by atoms with E-state index in [0.29, 0.717) is 17.1 Å². The van der Waals surface area contributed by atoms with Crippen molar-refractivity contribution < 1.29 is 14.0 Å². The van der Waals surface area contributed by atoms with Crippen LogP contribution in [0.1, 0.15) is 21.5 Å². The lowest BCUT2D eigenvalue weighted by Crippen LogP contribution is -2.14. The SMILES string of the molecule is NSOOC1Sc2c(C(N)=O)nn(-c3ccccc3)c2-c2ccccc21. The Hall–Kier alpha value is -2.30. The summed E-state index contributed by atoms with van der Waals surface area (Å²) in [6.07, 6.45) is 0. The third-order valence-electron chi connectivity index (χ3n) is 3.94. The van der Waals surface area contributed by atoms with Gasteiger partial charge in [-0.15, -0.1) is 4.33 Å². The first-order chi connectivity index (χ1) is 12.7. The fourth-order valence-electron chi connectivity index (χ4n) is 2.89. The van der Waals surface area contributed by atoms with Crippen molar-refractivity contribution in [2.45, 2.75) is 10.3 Å². The average molecular weight is 386 g/mol. The molecule has 0 aliphatic carbocycles. The van der Waals surface area contributed by atoms with Gasteiger partial charge in [-0.05, 0) is 12.1 Å². The lowest BCUT2D eigenvalue weighted by molar-refractivity contribution is -0.205. The minimum Gasteiger partial charge on any atom is -0.364 e. The van der Waals surface area contributed by atoms with E-state index in [1.165, 1.54) is 11.8 Å². The summed E-state index contributed by atoms with van der Waals surface area (Å²) in [6, 6.07) is 17.3. The van der Waals surface area contributed by atoms with Gasteiger partial charge in [0.2, 0.25) is 0 Å². The quantitative estimate of drug-likeness (QED) is 0.300. The van der Waals surface area contributed by atoms with Crippen molar-refractivity contribution in [3.8, 4) is 16.9 Å². The van der Waals surface area contributed by atoms with Gasteiger partial charge in [0.15, 0.2) is 11.1 Å². The number of nitrogens with two attached hydrogens (primary N) is 2. The first kappa shape index (κ1) is 17.1. The van der Waals surface area contributed by atoms with Crippen LogP contribution in [-0.4, -0.2) is 15.7 Å². The van der Waals surface area contributed by atoms with Crippen molar-refractivity contribution in [1.82, 2.24) is 9.78 Å². The van der Waals surface area contributed by atoms with Crippen LogP contribution in [-0.2, 0) is 9.22 Å². The van der Waals surface area contributed by atoms with Crippen LogP contribution in [0.25, 0.3) is 16.9 Å². The molecule has 7 nitrogen and oxygen atoms in total. The lowest BCUT2D eigenvalue weighted by Gasteiger charge is -2.24. The Morgan fingerprint density at radius 2 is 1.88 bits per heavy atom. The lowest BCUT2D eigenvalue weighted by atomic mass is 10.0. The summed E-state index contributed by atoms with van der Waals surface area (Å²) < 4.78 is 6.60. The number of aromatic nitrogens is 2. The normalized spacial score (nSPS) is 15.3. The summed E-state index contributed by atoms with van der Waals surface area (Å²) in [4.78, 5) is 18.0. The molecule has 3 aromatic rings. The minimum absolute atomic E-state index is 0.192. The molecule has 0 radical (unpaired) electrons. The molecule has 1 amide bonds. The molecule has 2 heterocycles. The van der Waals surface area contributed by atoms with Crippen LogP contribution >= 0.6 is 24.0 Å². The highest BCUT2D eigenvalue weighted by Crippen LogP contribution is 2.51. The van der Waals surface area contributed by atoms with Crippen molar-refractivity contribution in [3.63, 3.8) is 0 Å². The summed E-state index contributed by atoms with van der Waals surface area (Å²) in [5.74, 6) is -0.601. The second-order valence-electron chi connectivity index (χ2n) is 5.44. The van der Waals surface area contributed by atoms with Gasteiger partial charge in [-0.2, -0.15) is 5.10 Å². The smallest absolute Gasteiger partial charge is 0.270 e. The summed E-state index contributed by atoms with van der Waals surface area (Å²) in [7, 11) is 0. The molecule has 1 atom stereocenters. The van der Waals surface area contributed by atoms with Gasteiger partial charge in [-0.3, -0.25) is 9.93 Å². The Morgan fingerprint density at radius 3 is 2.62 bits per heavy atom. The summed E-state index contributed by atoms with van der Waals surface area (Å²) >= 11 is 1.93. The number of fused-ring (bicyclic) bond motifs is 3. The van der Waals surface area contributed by atoms with Crippen LogP contribution < -0.4 is 10.9 Å². The van der Waals surface area contributed by atoms with Crippen molar-refractivity contribution >= 4 is 29.9 Å². The van der Waals surface area contributed by atoms with Gasteiger partial charge >= 0.3 is 0 Å². The first-order valence-electron chi connectivity index (χ1n) is 7.63. The van der Waals surface area contributed by atoms with E-state index in [9.17, 15) is 4.79 Å². The summed E-state index contributed by atoms with van der Waals surface area (Å²) in [6.45, 7) is 0. The highest BCUT2D eigenvalue weighted by Gasteiger charge is 2.34. The van der Waals surface area contributed by atoms with E-state index in [2.05, 4.69) is 5.10 Å². The molecule has 1 unspecified atom stereocenters. The molecule has 2 aromatic carbocycles. The third kappa shape index (κ3) is 2.89. The van der Waals surface area contributed by atoms with Gasteiger partial charge < -0.3 is 5.73 Å². The molecule has 1 aliphatic heterocycles. The molecular weight excluding hydrogens is 372 g/mol. The van der Waals surface area contributed by atoms with Crippen molar-refractivity contribution in [2.75, 3.05) is 0 Å². The number of amides is 1. The van der Waals surface area contributed by atoms with Gasteiger partial charge in [-0.1, -0.05) is 54.2 Å². The average Bonchev–Trinajstić information content (AvgIpc) is 3.07. The molecule has 0 saturated heterocycles. The van der Waals surface area contributed by atoms with Gasteiger partial charge in [0.25, 0.3) is 5.91 Å². The molecule has 132 valence electrons. The van der Waals surface area contributed by atoms with E-state index in [1.807, 2.05) is 54.6 Å². The van der Waals surface area contributed by atoms with Crippen molar-refractivity contribution in [3.05, 3.63) is 65.9 Å². The predicted octanol–water partition coefficient (Wildman–Crippen LogP) is 3.21. The number of carbonyl (C=O) groups is 1. The molecule has 4 rings (SSSR count). The minimum atomic E-state index is -0.601. The van der Waals surface area contributed by atoms with Crippen molar-refractivity contribution in [1.29, 1.82) is 0 Å². The monoisotopic (exact) mass is 386 g/mol. The number of primary amides is 1. The molecule has 1 aromatic heterocycles. The molecule has 0 saturated carbocycles. The van der Waals surface area contributed by atoms with Gasteiger partial charge in [-0.25, -0.2) is 9.57 Å². The van der Waals surface area contributed by atoms with Gasteiger partial charge in [0.1, 0.15) is 12.2 Å². The molecular formula is C17H14N4O3S2. The predicted molar refractivity (Wildman–Crippen MR) is 100 cm³/mol. The number of hydrogen-bond donors (Lipinski definition) is 2. The topological polar surface area (TPSA) is 105 Å². The summed E-state index contributed by atoms with van der Waals surface area (Å²) in [5.41, 5.74) is 8.68. The molecule has 9 heteroatoms. The Bertz CT molecular complexity index is 962. The van der Waals surface area contributed by atoms with Crippen LogP contribution in [0.4, 0.5) is 0 Å². The number of para-hydroxylation sites is 1. The molecule has 26 heavy (non-hydrogen) atoms. The number of hydrogen-bond acceptors (Lipinski definition) is 7. The van der Waals surface area contributed by atoms with E-state index in [-0.39, 0.29) is 5.69 Å². The fourth-order valence-corrected chi connectivity index (χ4v) is 4.25. The number of rotatable bonds is 5. The Morgan fingerprint density at radius 1 is 1.15 bits per heavy atom. The largest absolute Gasteiger partial charge is 0.364 e. The number of benzene rings is 2. The maximum absolute atomic E-state index is 12.0.